The average molecular weight is 377 g/mol. The van der Waals surface area contributed by atoms with E-state index in [1.807, 2.05) is 0 Å². The third-order valence-electron chi connectivity index (χ3n) is 3.61. The molecule has 0 spiro atoms. The Bertz CT molecular complexity index is 885. The number of rotatable bonds is 4. The number of nitrogens with zero attached hydrogens (tertiary/aromatic N) is 1. The lowest BCUT2D eigenvalue weighted by Gasteiger charge is -2.12. The topological polar surface area (TPSA) is 59.9 Å². The zero-order valence-electron chi connectivity index (χ0n) is 13.5. The van der Waals surface area contributed by atoms with Gasteiger partial charge in [0.15, 0.2) is 0 Å². The number of carbonyl (C=O) groups excluding carboxylic acids is 1. The van der Waals surface area contributed by atoms with Crippen LogP contribution in [0, 0.1) is 0 Å². The highest BCUT2D eigenvalue weighted by Crippen LogP contribution is 2.31. The van der Waals surface area contributed by atoms with E-state index in [2.05, 4.69) is 10.3 Å². The van der Waals surface area contributed by atoms with Gasteiger partial charge in [0.05, 0.1) is 24.3 Å². The fourth-order valence-corrected chi connectivity index (χ4v) is 2.74. The SMILES string of the molecule is COc1cccc(OC)c1C1=N/C(=C/c2ccc(Cl)c(Cl)c2)C(=O)N1. The lowest BCUT2D eigenvalue weighted by atomic mass is 10.1. The van der Waals surface area contributed by atoms with Crippen LogP contribution in [0.15, 0.2) is 47.1 Å². The number of hydrogen-bond acceptors (Lipinski definition) is 4. The summed E-state index contributed by atoms with van der Waals surface area (Å²) < 4.78 is 10.7. The highest BCUT2D eigenvalue weighted by molar-refractivity contribution is 6.42. The smallest absolute Gasteiger partial charge is 0.275 e. The van der Waals surface area contributed by atoms with Crippen LogP contribution in [0.3, 0.4) is 0 Å². The molecule has 1 N–H and O–H groups in total. The van der Waals surface area contributed by atoms with Crippen molar-refractivity contribution >= 4 is 41.0 Å². The minimum atomic E-state index is -0.325. The van der Waals surface area contributed by atoms with Crippen molar-refractivity contribution in [1.29, 1.82) is 0 Å². The Kier molecular flexibility index (Phi) is 4.97. The highest BCUT2D eigenvalue weighted by Gasteiger charge is 2.26. The largest absolute Gasteiger partial charge is 0.496 e. The van der Waals surface area contributed by atoms with E-state index in [1.165, 1.54) is 0 Å². The highest BCUT2D eigenvalue weighted by atomic mass is 35.5. The zero-order valence-corrected chi connectivity index (χ0v) is 15.0. The number of carbonyl (C=O) groups is 1. The van der Waals surface area contributed by atoms with Crippen molar-refractivity contribution in [1.82, 2.24) is 5.32 Å². The van der Waals surface area contributed by atoms with Gasteiger partial charge in [-0.2, -0.15) is 0 Å². The second-order valence-corrected chi connectivity index (χ2v) is 5.97. The van der Waals surface area contributed by atoms with Gasteiger partial charge in [-0.15, -0.1) is 0 Å². The van der Waals surface area contributed by atoms with Gasteiger partial charge in [-0.25, -0.2) is 4.99 Å². The summed E-state index contributed by atoms with van der Waals surface area (Å²) in [6.45, 7) is 0. The van der Waals surface area contributed by atoms with Crippen molar-refractivity contribution in [2.24, 2.45) is 4.99 Å². The standard InChI is InChI=1S/C18H14Cl2N2O3/c1-24-14-4-3-5-15(25-2)16(14)17-21-13(18(23)22-17)9-10-6-7-11(19)12(20)8-10/h3-9H,1-2H3,(H,21,22,23)/b13-9+. The van der Waals surface area contributed by atoms with Gasteiger partial charge in [0.25, 0.3) is 5.91 Å². The number of nitrogens with one attached hydrogen (secondary N) is 1. The van der Waals surface area contributed by atoms with Crippen LogP contribution in [-0.4, -0.2) is 26.0 Å². The molecule has 0 fully saturated rings. The number of ether oxygens (including phenoxy) is 2. The summed E-state index contributed by atoms with van der Waals surface area (Å²) in [6, 6.07) is 10.4. The molecule has 1 aliphatic rings. The minimum Gasteiger partial charge on any atom is -0.496 e. The predicted molar refractivity (Wildman–Crippen MR) is 98.7 cm³/mol. The van der Waals surface area contributed by atoms with Crippen LogP contribution in [0.25, 0.3) is 6.08 Å². The van der Waals surface area contributed by atoms with Crippen LogP contribution in [0.5, 0.6) is 11.5 Å². The first-order valence-corrected chi connectivity index (χ1v) is 8.07. The van der Waals surface area contributed by atoms with Crippen molar-refractivity contribution in [3.63, 3.8) is 0 Å². The molecule has 0 saturated heterocycles. The van der Waals surface area contributed by atoms with Crippen LogP contribution >= 0.6 is 23.2 Å². The number of hydrogen-bond donors (Lipinski definition) is 1. The maximum atomic E-state index is 12.3. The van der Waals surface area contributed by atoms with Gasteiger partial charge < -0.3 is 14.8 Å². The van der Waals surface area contributed by atoms with Crippen molar-refractivity contribution in [3.05, 3.63) is 63.3 Å². The fourth-order valence-electron chi connectivity index (χ4n) is 2.43. The number of amides is 1. The molecule has 2 aromatic carbocycles. The van der Waals surface area contributed by atoms with Crippen LogP contribution in [0.1, 0.15) is 11.1 Å². The van der Waals surface area contributed by atoms with Gasteiger partial charge >= 0.3 is 0 Å². The molecule has 0 bridgehead atoms. The first kappa shape index (κ1) is 17.3. The van der Waals surface area contributed by atoms with E-state index in [0.717, 1.165) is 5.56 Å². The number of benzene rings is 2. The summed E-state index contributed by atoms with van der Waals surface area (Å²) in [7, 11) is 3.09. The molecule has 1 amide bonds. The minimum absolute atomic E-state index is 0.251. The van der Waals surface area contributed by atoms with Crippen LogP contribution in [-0.2, 0) is 4.79 Å². The molecule has 0 atom stereocenters. The van der Waals surface area contributed by atoms with E-state index in [-0.39, 0.29) is 11.6 Å². The first-order chi connectivity index (χ1) is 12.0. The summed E-state index contributed by atoms with van der Waals surface area (Å²) >= 11 is 11.9. The second kappa shape index (κ2) is 7.17. The lowest BCUT2D eigenvalue weighted by Crippen LogP contribution is -2.25. The number of methoxy groups -OCH3 is 2. The molecule has 128 valence electrons. The Labute approximate surface area is 154 Å². The molecule has 0 aromatic heterocycles. The molecular weight excluding hydrogens is 363 g/mol. The number of aliphatic imine (C=N–C) groups is 1. The van der Waals surface area contributed by atoms with Gasteiger partial charge in [-0.05, 0) is 35.9 Å². The summed E-state index contributed by atoms with van der Waals surface area (Å²) in [5, 5.41) is 3.59. The maximum Gasteiger partial charge on any atom is 0.275 e. The van der Waals surface area contributed by atoms with E-state index in [4.69, 9.17) is 32.7 Å². The number of halogens is 2. The lowest BCUT2D eigenvalue weighted by molar-refractivity contribution is -0.115. The van der Waals surface area contributed by atoms with E-state index in [9.17, 15) is 4.79 Å². The molecule has 25 heavy (non-hydrogen) atoms. The summed E-state index contributed by atoms with van der Waals surface area (Å²) in [4.78, 5) is 16.7. The summed E-state index contributed by atoms with van der Waals surface area (Å²) in [6.07, 6.45) is 1.63. The Morgan fingerprint density at radius 1 is 1.04 bits per heavy atom. The first-order valence-electron chi connectivity index (χ1n) is 7.31. The fraction of sp³-hybridized carbons (Fsp3) is 0.111. The maximum absolute atomic E-state index is 12.3. The molecular formula is C18H14Cl2N2O3. The third kappa shape index (κ3) is 3.48. The van der Waals surface area contributed by atoms with Crippen LogP contribution < -0.4 is 14.8 Å². The van der Waals surface area contributed by atoms with Gasteiger partial charge in [0, 0.05) is 0 Å². The summed E-state index contributed by atoms with van der Waals surface area (Å²) in [5.41, 5.74) is 1.55. The zero-order chi connectivity index (χ0) is 18.0. The Balaban J connectivity index is 2.04. The molecule has 5 nitrogen and oxygen atoms in total. The van der Waals surface area contributed by atoms with E-state index in [1.54, 1.807) is 56.7 Å². The van der Waals surface area contributed by atoms with Crippen LogP contribution in [0.4, 0.5) is 0 Å². The van der Waals surface area contributed by atoms with Crippen molar-refractivity contribution in [3.8, 4) is 11.5 Å². The Morgan fingerprint density at radius 3 is 2.32 bits per heavy atom. The molecule has 0 unspecified atom stereocenters. The summed E-state index contributed by atoms with van der Waals surface area (Å²) in [5.74, 6) is 1.14. The van der Waals surface area contributed by atoms with Crippen molar-refractivity contribution in [2.45, 2.75) is 0 Å². The van der Waals surface area contributed by atoms with Gasteiger partial charge in [-0.1, -0.05) is 35.3 Å². The van der Waals surface area contributed by atoms with Crippen molar-refractivity contribution < 1.29 is 14.3 Å². The molecule has 3 rings (SSSR count). The molecule has 1 aliphatic heterocycles. The van der Waals surface area contributed by atoms with Gasteiger partial charge in [0.2, 0.25) is 0 Å². The normalized spacial score (nSPS) is 15.1. The molecule has 0 radical (unpaired) electrons. The molecule has 0 saturated carbocycles. The molecule has 0 aliphatic carbocycles. The Morgan fingerprint density at radius 2 is 1.72 bits per heavy atom. The van der Waals surface area contributed by atoms with Crippen LogP contribution in [0.2, 0.25) is 10.0 Å². The molecule has 7 heteroatoms. The van der Waals surface area contributed by atoms with E-state index in [0.29, 0.717) is 32.9 Å². The van der Waals surface area contributed by atoms with Gasteiger partial charge in [0.1, 0.15) is 28.6 Å². The number of amidine groups is 1. The second-order valence-electron chi connectivity index (χ2n) is 5.16. The van der Waals surface area contributed by atoms with Crippen molar-refractivity contribution in [2.75, 3.05) is 14.2 Å². The molecule has 2 aromatic rings. The van der Waals surface area contributed by atoms with E-state index < -0.39 is 0 Å². The van der Waals surface area contributed by atoms with E-state index >= 15 is 0 Å². The Hall–Kier alpha value is -2.50. The molecule has 1 heterocycles. The quantitative estimate of drug-likeness (QED) is 0.822. The monoisotopic (exact) mass is 376 g/mol. The third-order valence-corrected chi connectivity index (χ3v) is 4.35. The average Bonchev–Trinajstić information content (AvgIpc) is 2.97. The van der Waals surface area contributed by atoms with Gasteiger partial charge in [-0.3, -0.25) is 4.79 Å². The predicted octanol–water partition coefficient (Wildman–Crippen LogP) is 3.93.